The van der Waals surface area contributed by atoms with Gasteiger partial charge in [-0.25, -0.2) is 5.43 Å². The van der Waals surface area contributed by atoms with E-state index in [1.807, 2.05) is 0 Å². The van der Waals surface area contributed by atoms with Gasteiger partial charge in [-0.15, -0.1) is 0 Å². The Hall–Kier alpha value is -6.15. The molecule has 1 aromatic carbocycles. The fraction of sp³-hybridized carbons (Fsp3) is 0.125. The molecular weight excluding hydrogens is 636 g/mol. The van der Waals surface area contributed by atoms with Gasteiger partial charge in [0, 0.05) is 24.0 Å². The summed E-state index contributed by atoms with van der Waals surface area (Å²) in [6, 6.07) is 5.16. The van der Waals surface area contributed by atoms with Crippen LogP contribution >= 0.6 is 11.6 Å². The highest BCUT2D eigenvalue weighted by Gasteiger charge is 2.53. The molecule has 0 radical (unpaired) electrons. The zero-order valence-electron chi connectivity index (χ0n) is 23.9. The minimum atomic E-state index is -2.02. The number of nitrogens with one attached hydrogen (secondary N) is 2. The number of aromatic nitrogens is 2. The van der Waals surface area contributed by atoms with Gasteiger partial charge >= 0.3 is 0 Å². The number of phenols is 1. The standard InChI is InChI=1S/C32H19ClN4O10/c1-47-17-8-16(38)19-20(24(17)39)26(41)22-21(25(19)40)28(43)32(29(22)44)4-2-11-6-12-7-13(36-31(46)18(12)27(42)23(11)32)9-35-37-30(45)14-3-5-34-10-15(14)33/h3,5-10,42-44H,2,4H2,1H3,(H,36,46)(H,37,45)/t32-/m0/s1. The second kappa shape index (κ2) is 10.2. The smallest absolute Gasteiger partial charge is 0.272 e. The van der Waals surface area contributed by atoms with Gasteiger partial charge < -0.3 is 25.0 Å². The molecule has 0 fully saturated rings. The van der Waals surface area contributed by atoms with E-state index in [4.69, 9.17) is 16.3 Å². The van der Waals surface area contributed by atoms with Gasteiger partial charge in [0.25, 0.3) is 11.5 Å². The predicted molar refractivity (Wildman–Crippen MR) is 168 cm³/mol. The van der Waals surface area contributed by atoms with E-state index in [1.165, 1.54) is 30.6 Å². The summed E-state index contributed by atoms with van der Waals surface area (Å²) in [5.41, 5.74) is -4.35. The SMILES string of the molecule is COc1cc(=O)c2c(=O)c3c(c(=O)c=2c1=O)=C(O)[C@]1(CCc2cc4cc(C=NNC(=O)c5ccncc5Cl)[nH]c(=O)c4c(O)c21)C=3O. The van der Waals surface area contributed by atoms with Crippen LogP contribution in [-0.4, -0.2) is 44.5 Å². The van der Waals surface area contributed by atoms with Gasteiger partial charge in [-0.05, 0) is 35.9 Å². The minimum absolute atomic E-state index is 0.106. The van der Waals surface area contributed by atoms with Crippen LogP contribution < -0.4 is 47.9 Å². The number of hydrazone groups is 1. The van der Waals surface area contributed by atoms with Crippen LogP contribution in [0.5, 0.6) is 11.5 Å². The maximum Gasteiger partial charge on any atom is 0.272 e. The Kier molecular flexibility index (Phi) is 6.40. The van der Waals surface area contributed by atoms with Gasteiger partial charge in [0.15, 0.2) is 11.2 Å². The molecule has 1 amide bonds. The van der Waals surface area contributed by atoms with Crippen molar-refractivity contribution in [3.8, 4) is 11.5 Å². The lowest BCUT2D eigenvalue weighted by atomic mass is 9.78. The molecule has 3 aromatic rings. The Labute approximate surface area is 264 Å². The number of H-pyrrole nitrogens is 1. The number of carbonyl (C=O) groups is 1. The summed E-state index contributed by atoms with van der Waals surface area (Å²) >= 11 is 5.97. The number of aliphatic hydroxyl groups excluding tert-OH is 2. The van der Waals surface area contributed by atoms with E-state index in [-0.39, 0.29) is 45.5 Å². The number of aromatic amines is 1. The number of nitrogens with zero attached hydrogens (tertiary/aromatic N) is 2. The largest absolute Gasteiger partial charge is 0.510 e. The molecule has 5 N–H and O–H groups in total. The molecule has 4 aliphatic carbocycles. The lowest BCUT2D eigenvalue weighted by Gasteiger charge is -2.27. The van der Waals surface area contributed by atoms with Crippen molar-refractivity contribution in [1.29, 1.82) is 0 Å². The number of fused-ring (bicyclic) bond motifs is 4. The normalized spacial score (nSPS) is 16.8. The molecule has 15 heteroatoms. The number of hydrogen-bond donors (Lipinski definition) is 5. The fourth-order valence-corrected chi connectivity index (χ4v) is 6.82. The third-order valence-corrected chi connectivity index (χ3v) is 8.96. The van der Waals surface area contributed by atoms with E-state index < -0.39 is 82.5 Å². The number of carbonyl (C=O) groups excluding carboxylic acids is 1. The Morgan fingerprint density at radius 2 is 1.72 bits per heavy atom. The number of phenolic OH excluding ortho intramolecular Hbond substituents is 1. The third kappa shape index (κ3) is 3.91. The number of halogens is 1. The average molecular weight is 655 g/mol. The quantitative estimate of drug-likeness (QED) is 0.121. The van der Waals surface area contributed by atoms with Crippen molar-refractivity contribution in [2.45, 2.75) is 18.3 Å². The fourth-order valence-electron chi connectivity index (χ4n) is 6.62. The molecule has 0 bridgehead atoms. The predicted octanol–water partition coefficient (Wildman–Crippen LogP) is -0.674. The summed E-state index contributed by atoms with van der Waals surface area (Å²) in [5, 5.41) is 35.7. The van der Waals surface area contributed by atoms with Crippen molar-refractivity contribution in [3.05, 3.63) is 136 Å². The summed E-state index contributed by atoms with van der Waals surface area (Å²) < 4.78 is 4.89. The molecule has 0 saturated carbocycles. The van der Waals surface area contributed by atoms with Gasteiger partial charge in [0.05, 0.1) is 55.9 Å². The van der Waals surface area contributed by atoms with E-state index in [9.17, 15) is 44.1 Å². The molecule has 0 unspecified atom stereocenters. The second-order valence-corrected chi connectivity index (χ2v) is 11.4. The molecule has 0 aliphatic heterocycles. The maximum absolute atomic E-state index is 13.6. The number of amides is 1. The molecule has 14 nitrogen and oxygen atoms in total. The average Bonchev–Trinajstić information content (AvgIpc) is 3.53. The molecule has 47 heavy (non-hydrogen) atoms. The van der Waals surface area contributed by atoms with Crippen molar-refractivity contribution in [1.82, 2.24) is 15.4 Å². The Bertz CT molecular complexity index is 2790. The number of hydrogen-bond acceptors (Lipinski definition) is 12. The summed E-state index contributed by atoms with van der Waals surface area (Å²) in [6.07, 6.45) is 3.80. The summed E-state index contributed by atoms with van der Waals surface area (Å²) in [7, 11) is 1.11. The molecule has 2 aromatic heterocycles. The first-order valence-corrected chi connectivity index (χ1v) is 14.2. The topological polar surface area (TPSA) is 225 Å². The summed E-state index contributed by atoms with van der Waals surface area (Å²) in [4.78, 5) is 84.9. The van der Waals surface area contributed by atoms with E-state index in [0.29, 0.717) is 5.56 Å². The lowest BCUT2D eigenvalue weighted by Crippen LogP contribution is -2.51. The number of benzene rings is 1. The van der Waals surface area contributed by atoms with Crippen LogP contribution in [0.2, 0.25) is 5.02 Å². The number of aromatic hydroxyl groups is 1. The molecule has 0 saturated heterocycles. The van der Waals surface area contributed by atoms with Crippen molar-refractivity contribution in [2.75, 3.05) is 7.11 Å². The van der Waals surface area contributed by atoms with Gasteiger partial charge in [-0.2, -0.15) is 5.10 Å². The van der Waals surface area contributed by atoms with E-state index in [2.05, 4.69) is 20.5 Å². The van der Waals surface area contributed by atoms with Gasteiger partial charge in [0.1, 0.15) is 22.7 Å². The number of ether oxygens (including phenoxy) is 1. The first-order chi connectivity index (χ1) is 22.4. The van der Waals surface area contributed by atoms with Gasteiger partial charge in [-0.3, -0.25) is 33.8 Å². The second-order valence-electron chi connectivity index (χ2n) is 11.0. The summed E-state index contributed by atoms with van der Waals surface area (Å²) in [5.74, 6) is -3.34. The van der Waals surface area contributed by atoms with E-state index in [0.717, 1.165) is 19.4 Å². The minimum Gasteiger partial charge on any atom is -0.510 e. The lowest BCUT2D eigenvalue weighted by molar-refractivity contribution is 0.0955. The molecule has 234 valence electrons. The van der Waals surface area contributed by atoms with Crippen LogP contribution in [0.3, 0.4) is 0 Å². The Balaban J connectivity index is 1.40. The molecule has 7 rings (SSSR count). The van der Waals surface area contributed by atoms with E-state index in [1.54, 1.807) is 0 Å². The maximum atomic E-state index is 13.6. The molecular formula is C32H19ClN4O10. The highest BCUT2D eigenvalue weighted by Crippen LogP contribution is 2.54. The number of pyridine rings is 2. The number of aliphatic hydroxyl groups is 2. The number of rotatable bonds is 4. The van der Waals surface area contributed by atoms with Crippen molar-refractivity contribution in [3.63, 3.8) is 0 Å². The van der Waals surface area contributed by atoms with Crippen molar-refractivity contribution < 1.29 is 24.9 Å². The van der Waals surface area contributed by atoms with Gasteiger partial charge in [0.2, 0.25) is 16.3 Å². The van der Waals surface area contributed by atoms with E-state index >= 15 is 0 Å². The number of aryl methyl sites for hydroxylation is 1. The van der Waals surface area contributed by atoms with Crippen LogP contribution in [-0.2, 0) is 11.8 Å². The zero-order valence-corrected chi connectivity index (χ0v) is 24.7. The molecule has 2 heterocycles. The van der Waals surface area contributed by atoms with Crippen LogP contribution in [0.4, 0.5) is 0 Å². The van der Waals surface area contributed by atoms with Crippen LogP contribution in [0.25, 0.3) is 22.3 Å². The highest BCUT2D eigenvalue weighted by molar-refractivity contribution is 6.33. The van der Waals surface area contributed by atoms with Gasteiger partial charge in [-0.1, -0.05) is 17.7 Å². The molecule has 1 spiro atoms. The first kappa shape index (κ1) is 29.6. The van der Waals surface area contributed by atoms with Crippen LogP contribution in [0, 0.1) is 10.4 Å². The first-order valence-electron chi connectivity index (χ1n) is 13.8. The monoisotopic (exact) mass is 654 g/mol. The molecule has 1 atom stereocenters. The molecule has 4 aliphatic rings. The van der Waals surface area contributed by atoms with Crippen LogP contribution in [0.15, 0.2) is 65.7 Å². The zero-order chi connectivity index (χ0) is 33.5. The highest BCUT2D eigenvalue weighted by atomic mass is 35.5. The third-order valence-electron chi connectivity index (χ3n) is 8.66. The Morgan fingerprint density at radius 1 is 1.02 bits per heavy atom. The van der Waals surface area contributed by atoms with Crippen molar-refractivity contribution in [2.24, 2.45) is 5.10 Å². The van der Waals surface area contributed by atoms with Crippen LogP contribution in [0.1, 0.15) is 33.6 Å². The Morgan fingerprint density at radius 3 is 2.40 bits per heavy atom. The summed E-state index contributed by atoms with van der Waals surface area (Å²) in [6.45, 7) is 0. The van der Waals surface area contributed by atoms with Crippen molar-refractivity contribution >= 4 is 46.0 Å². The number of methoxy groups -OCH3 is 1.